The molecule has 0 spiro atoms. The molecule has 0 radical (unpaired) electrons. The van der Waals surface area contributed by atoms with E-state index in [2.05, 4.69) is 27.9 Å². The van der Waals surface area contributed by atoms with E-state index < -0.39 is 24.5 Å². The first-order chi connectivity index (χ1) is 9.87. The molecule has 1 aliphatic heterocycles. The van der Waals surface area contributed by atoms with Gasteiger partial charge in [-0.3, -0.25) is 4.90 Å². The molecule has 0 unspecified atom stereocenters. The fourth-order valence-corrected chi connectivity index (χ4v) is 3.11. The van der Waals surface area contributed by atoms with Gasteiger partial charge >= 0.3 is 6.18 Å². The van der Waals surface area contributed by atoms with Crippen LogP contribution in [0.1, 0.15) is 24.4 Å². The van der Waals surface area contributed by atoms with Crippen LogP contribution in [0.25, 0.3) is 0 Å². The van der Waals surface area contributed by atoms with Gasteiger partial charge in [0.1, 0.15) is 5.82 Å². The third-order valence-corrected chi connectivity index (χ3v) is 4.28. The Kier molecular flexibility index (Phi) is 10.3. The normalized spacial score (nSPS) is 17.1. The van der Waals surface area contributed by atoms with Crippen molar-refractivity contribution in [1.82, 2.24) is 10.2 Å². The van der Waals surface area contributed by atoms with Gasteiger partial charge in [-0.25, -0.2) is 4.39 Å². The van der Waals surface area contributed by atoms with Crippen molar-refractivity contribution >= 4 is 47.4 Å². The minimum absolute atomic E-state index is 0. The molecule has 0 aromatic heterocycles. The molecular formula is C14H19Cl2F4IN2. The molecular weight excluding hydrogens is 470 g/mol. The Balaban J connectivity index is 0.00000242. The maximum Gasteiger partial charge on any atom is 0.389 e. The topological polar surface area (TPSA) is 15.3 Å². The molecule has 1 N–H and O–H groups in total. The fourth-order valence-electron chi connectivity index (χ4n) is 2.60. The fraction of sp³-hybridized carbons (Fsp3) is 0.571. The highest BCUT2D eigenvalue weighted by molar-refractivity contribution is 14.1. The molecule has 0 saturated carbocycles. The minimum Gasteiger partial charge on any atom is -0.314 e. The standard InChI is InChI=1S/C14H17F4IN2.2ClH/c15-12-2-1-10(19)9-11(12)13(3-4-14(16,17)18)21-7-5-20-6-8-21;;/h1-2,9,13,20H,3-8H2;2*1H/t13-;;/m0../s1. The Labute approximate surface area is 159 Å². The monoisotopic (exact) mass is 488 g/mol. The summed E-state index contributed by atoms with van der Waals surface area (Å²) in [6, 6.07) is 4.08. The number of halogens is 7. The summed E-state index contributed by atoms with van der Waals surface area (Å²) in [7, 11) is 0. The van der Waals surface area contributed by atoms with Gasteiger partial charge in [-0.15, -0.1) is 24.8 Å². The van der Waals surface area contributed by atoms with E-state index in [0.29, 0.717) is 31.7 Å². The Bertz CT molecular complexity index is 482. The van der Waals surface area contributed by atoms with Crippen LogP contribution in [-0.2, 0) is 0 Å². The highest BCUT2D eigenvalue weighted by atomic mass is 127. The van der Waals surface area contributed by atoms with Crippen molar-refractivity contribution < 1.29 is 17.6 Å². The van der Waals surface area contributed by atoms with Crippen molar-refractivity contribution in [3.63, 3.8) is 0 Å². The molecule has 1 saturated heterocycles. The maximum absolute atomic E-state index is 14.1. The zero-order valence-electron chi connectivity index (χ0n) is 12.2. The lowest BCUT2D eigenvalue weighted by molar-refractivity contribution is -0.138. The molecule has 1 heterocycles. The van der Waals surface area contributed by atoms with Crippen molar-refractivity contribution in [3.05, 3.63) is 33.1 Å². The largest absolute Gasteiger partial charge is 0.389 e. The van der Waals surface area contributed by atoms with Gasteiger partial charge in [-0.2, -0.15) is 13.2 Å². The van der Waals surface area contributed by atoms with E-state index in [1.54, 1.807) is 12.1 Å². The lowest BCUT2D eigenvalue weighted by Crippen LogP contribution is -2.45. The Morgan fingerprint density at radius 3 is 2.35 bits per heavy atom. The smallest absolute Gasteiger partial charge is 0.314 e. The van der Waals surface area contributed by atoms with E-state index >= 15 is 0 Å². The second-order valence-electron chi connectivity index (χ2n) is 5.12. The van der Waals surface area contributed by atoms with Crippen LogP contribution in [0.15, 0.2) is 18.2 Å². The van der Waals surface area contributed by atoms with E-state index in [-0.39, 0.29) is 31.2 Å². The zero-order valence-corrected chi connectivity index (χ0v) is 16.0. The maximum atomic E-state index is 14.1. The van der Waals surface area contributed by atoms with Crippen LogP contribution in [0, 0.1) is 9.39 Å². The van der Waals surface area contributed by atoms with Gasteiger partial charge < -0.3 is 5.32 Å². The average molecular weight is 489 g/mol. The molecule has 0 bridgehead atoms. The predicted octanol–water partition coefficient (Wildman–Crippen LogP) is 4.56. The summed E-state index contributed by atoms with van der Waals surface area (Å²) in [5.41, 5.74) is 0.369. The summed E-state index contributed by atoms with van der Waals surface area (Å²) in [5.74, 6) is -0.430. The van der Waals surface area contributed by atoms with Crippen LogP contribution >= 0.6 is 47.4 Å². The van der Waals surface area contributed by atoms with Gasteiger partial charge in [0.15, 0.2) is 0 Å². The molecule has 1 aromatic rings. The highest BCUT2D eigenvalue weighted by Crippen LogP contribution is 2.33. The second kappa shape index (κ2) is 10.2. The van der Waals surface area contributed by atoms with Gasteiger partial charge in [-0.05, 0) is 47.2 Å². The molecule has 0 aliphatic carbocycles. The van der Waals surface area contributed by atoms with E-state index in [1.165, 1.54) is 6.07 Å². The Morgan fingerprint density at radius 1 is 1.17 bits per heavy atom. The van der Waals surface area contributed by atoms with Crippen LogP contribution in [0.4, 0.5) is 17.6 Å². The van der Waals surface area contributed by atoms with Gasteiger partial charge in [0.05, 0.1) is 0 Å². The SMILES string of the molecule is Cl.Cl.Fc1ccc(I)cc1[C@H](CCC(F)(F)F)N1CCNCC1. The first kappa shape index (κ1) is 23.2. The van der Waals surface area contributed by atoms with E-state index in [0.717, 1.165) is 3.57 Å². The molecule has 0 amide bonds. The van der Waals surface area contributed by atoms with Crippen molar-refractivity contribution in [2.45, 2.75) is 25.1 Å². The zero-order chi connectivity index (χ0) is 15.5. The van der Waals surface area contributed by atoms with Crippen molar-refractivity contribution in [3.8, 4) is 0 Å². The first-order valence-electron chi connectivity index (χ1n) is 6.83. The Morgan fingerprint density at radius 2 is 1.78 bits per heavy atom. The summed E-state index contributed by atoms with van der Waals surface area (Å²) < 4.78 is 52.6. The number of hydrogen-bond acceptors (Lipinski definition) is 2. The summed E-state index contributed by atoms with van der Waals surface area (Å²) in [5, 5.41) is 3.16. The van der Waals surface area contributed by atoms with E-state index in [4.69, 9.17) is 0 Å². The van der Waals surface area contributed by atoms with Crippen LogP contribution in [0.3, 0.4) is 0 Å². The molecule has 23 heavy (non-hydrogen) atoms. The number of hydrogen-bond donors (Lipinski definition) is 1. The van der Waals surface area contributed by atoms with Gasteiger partial charge in [0.2, 0.25) is 0 Å². The Hall–Kier alpha value is 0.170. The molecule has 2 nitrogen and oxygen atoms in total. The molecule has 1 aliphatic rings. The molecule has 1 aromatic carbocycles. The quantitative estimate of drug-likeness (QED) is 0.493. The number of piperazine rings is 1. The van der Waals surface area contributed by atoms with Gasteiger partial charge in [0, 0.05) is 47.8 Å². The molecule has 1 fully saturated rings. The summed E-state index contributed by atoms with van der Waals surface area (Å²) in [6.45, 7) is 2.70. The summed E-state index contributed by atoms with van der Waals surface area (Å²) in [4.78, 5) is 1.94. The lowest BCUT2D eigenvalue weighted by atomic mass is 9.98. The van der Waals surface area contributed by atoms with E-state index in [1.807, 2.05) is 4.90 Å². The molecule has 134 valence electrons. The van der Waals surface area contributed by atoms with Crippen LogP contribution in [0.5, 0.6) is 0 Å². The molecule has 9 heteroatoms. The predicted molar refractivity (Wildman–Crippen MR) is 96.1 cm³/mol. The average Bonchev–Trinajstić information content (AvgIpc) is 2.43. The van der Waals surface area contributed by atoms with Crippen molar-refractivity contribution in [2.24, 2.45) is 0 Å². The van der Waals surface area contributed by atoms with Crippen LogP contribution in [-0.4, -0.2) is 37.3 Å². The number of rotatable bonds is 4. The number of alkyl halides is 3. The molecule has 2 rings (SSSR count). The third-order valence-electron chi connectivity index (χ3n) is 3.61. The number of nitrogens with zero attached hydrogens (tertiary/aromatic N) is 1. The van der Waals surface area contributed by atoms with E-state index in [9.17, 15) is 17.6 Å². The van der Waals surface area contributed by atoms with Gasteiger partial charge in [0.25, 0.3) is 0 Å². The van der Waals surface area contributed by atoms with Crippen molar-refractivity contribution in [1.29, 1.82) is 0 Å². The third kappa shape index (κ3) is 7.29. The van der Waals surface area contributed by atoms with Crippen LogP contribution in [0.2, 0.25) is 0 Å². The van der Waals surface area contributed by atoms with Gasteiger partial charge in [-0.1, -0.05) is 0 Å². The minimum atomic E-state index is -4.22. The summed E-state index contributed by atoms with van der Waals surface area (Å²) >= 11 is 2.05. The van der Waals surface area contributed by atoms with Crippen LogP contribution < -0.4 is 5.32 Å². The summed E-state index contributed by atoms with van der Waals surface area (Å²) in [6.07, 6.45) is -5.22. The number of benzene rings is 1. The van der Waals surface area contributed by atoms with Crippen molar-refractivity contribution in [2.75, 3.05) is 26.2 Å². The molecule has 1 atom stereocenters. The second-order valence-corrected chi connectivity index (χ2v) is 6.37. The highest BCUT2D eigenvalue weighted by Gasteiger charge is 2.32. The first-order valence-corrected chi connectivity index (χ1v) is 7.91. The lowest BCUT2D eigenvalue weighted by Gasteiger charge is -2.35. The number of nitrogens with one attached hydrogen (secondary N) is 1.